The molecule has 1 aromatic carbocycles. The standard InChI is InChI=1S/C16H18FN5O2/c1-11-2-3-14(23)12(8-11)9-19-21-16-18-10-13(17)15(20-16)22-4-6-24-7-5-22/h2-3,8-10,23H,4-7H2,1H3,(H,18,20,21)/b19-9+. The van der Waals surface area contributed by atoms with Crippen LogP contribution in [0, 0.1) is 12.7 Å². The summed E-state index contributed by atoms with van der Waals surface area (Å²) in [6, 6.07) is 5.20. The van der Waals surface area contributed by atoms with Crippen LogP contribution in [0.1, 0.15) is 11.1 Å². The number of aryl methyl sites for hydroxylation is 1. The van der Waals surface area contributed by atoms with Crippen molar-refractivity contribution in [3.05, 3.63) is 41.3 Å². The summed E-state index contributed by atoms with van der Waals surface area (Å²) < 4.78 is 19.2. The zero-order valence-electron chi connectivity index (χ0n) is 13.2. The smallest absolute Gasteiger partial charge is 0.245 e. The van der Waals surface area contributed by atoms with Gasteiger partial charge in [0.1, 0.15) is 5.75 Å². The van der Waals surface area contributed by atoms with Gasteiger partial charge in [-0.2, -0.15) is 10.1 Å². The van der Waals surface area contributed by atoms with Crippen molar-refractivity contribution in [3.8, 4) is 5.75 Å². The van der Waals surface area contributed by atoms with E-state index in [1.165, 1.54) is 6.21 Å². The van der Waals surface area contributed by atoms with Gasteiger partial charge in [0, 0.05) is 18.7 Å². The van der Waals surface area contributed by atoms with Gasteiger partial charge in [0.25, 0.3) is 0 Å². The Morgan fingerprint density at radius 3 is 2.96 bits per heavy atom. The fourth-order valence-corrected chi connectivity index (χ4v) is 2.35. The minimum atomic E-state index is -0.484. The highest BCUT2D eigenvalue weighted by molar-refractivity contribution is 5.84. The minimum absolute atomic E-state index is 0.125. The molecule has 8 heteroatoms. The van der Waals surface area contributed by atoms with Gasteiger partial charge in [-0.1, -0.05) is 11.6 Å². The van der Waals surface area contributed by atoms with Crippen LogP contribution in [-0.2, 0) is 4.74 Å². The number of phenolic OH excluding ortho intramolecular Hbond substituents is 1. The molecule has 0 unspecified atom stereocenters. The number of ether oxygens (including phenoxy) is 1. The summed E-state index contributed by atoms with van der Waals surface area (Å²) in [6.07, 6.45) is 2.57. The Bertz CT molecular complexity index is 747. The molecule has 0 saturated carbocycles. The molecule has 1 aliphatic heterocycles. The Hall–Kier alpha value is -2.74. The van der Waals surface area contributed by atoms with E-state index >= 15 is 0 Å². The monoisotopic (exact) mass is 331 g/mol. The van der Waals surface area contributed by atoms with E-state index in [0.717, 1.165) is 11.8 Å². The lowest BCUT2D eigenvalue weighted by Crippen LogP contribution is -2.37. The highest BCUT2D eigenvalue weighted by atomic mass is 19.1. The minimum Gasteiger partial charge on any atom is -0.507 e. The molecule has 1 aliphatic rings. The largest absolute Gasteiger partial charge is 0.507 e. The molecule has 0 spiro atoms. The van der Waals surface area contributed by atoms with E-state index in [9.17, 15) is 9.50 Å². The summed E-state index contributed by atoms with van der Waals surface area (Å²) in [4.78, 5) is 9.84. The van der Waals surface area contributed by atoms with Gasteiger partial charge in [0.15, 0.2) is 11.6 Å². The van der Waals surface area contributed by atoms with Crippen LogP contribution >= 0.6 is 0 Å². The second-order valence-corrected chi connectivity index (χ2v) is 5.40. The first-order valence-electron chi connectivity index (χ1n) is 7.57. The van der Waals surface area contributed by atoms with Crippen molar-refractivity contribution in [2.75, 3.05) is 36.6 Å². The maximum absolute atomic E-state index is 13.9. The lowest BCUT2D eigenvalue weighted by Gasteiger charge is -2.27. The lowest BCUT2D eigenvalue weighted by atomic mass is 10.1. The fourth-order valence-electron chi connectivity index (χ4n) is 2.35. The van der Waals surface area contributed by atoms with Crippen LogP contribution in [0.5, 0.6) is 5.75 Å². The third-order valence-electron chi connectivity index (χ3n) is 3.59. The number of hydrogen-bond acceptors (Lipinski definition) is 7. The molecular weight excluding hydrogens is 313 g/mol. The van der Waals surface area contributed by atoms with E-state index in [2.05, 4.69) is 20.5 Å². The van der Waals surface area contributed by atoms with E-state index in [1.54, 1.807) is 18.2 Å². The van der Waals surface area contributed by atoms with Crippen LogP contribution in [0.2, 0.25) is 0 Å². The van der Waals surface area contributed by atoms with E-state index < -0.39 is 5.82 Å². The normalized spacial score (nSPS) is 15.0. The molecule has 24 heavy (non-hydrogen) atoms. The van der Waals surface area contributed by atoms with Crippen LogP contribution in [0.15, 0.2) is 29.5 Å². The molecule has 2 heterocycles. The Kier molecular flexibility index (Phi) is 4.85. The summed E-state index contributed by atoms with van der Waals surface area (Å²) in [5, 5.41) is 13.8. The van der Waals surface area contributed by atoms with Crippen molar-refractivity contribution >= 4 is 18.0 Å². The summed E-state index contributed by atoms with van der Waals surface area (Å²) >= 11 is 0. The van der Waals surface area contributed by atoms with E-state index in [0.29, 0.717) is 31.9 Å². The van der Waals surface area contributed by atoms with Crippen molar-refractivity contribution < 1.29 is 14.2 Å². The summed E-state index contributed by atoms with van der Waals surface area (Å²) in [5.41, 5.74) is 4.23. The molecule has 0 aliphatic carbocycles. The maximum atomic E-state index is 13.9. The SMILES string of the molecule is Cc1ccc(O)c(/C=N/Nc2ncc(F)c(N3CCOCC3)n2)c1. The number of halogens is 1. The fraction of sp³-hybridized carbons (Fsp3) is 0.312. The number of phenols is 1. The van der Waals surface area contributed by atoms with Gasteiger partial charge in [0.2, 0.25) is 5.95 Å². The molecule has 7 nitrogen and oxygen atoms in total. The molecular formula is C16H18FN5O2. The van der Waals surface area contributed by atoms with Crippen LogP contribution in [0.3, 0.4) is 0 Å². The predicted octanol–water partition coefficient (Wildman–Crippen LogP) is 1.91. The number of nitrogens with one attached hydrogen (secondary N) is 1. The Labute approximate surface area is 138 Å². The molecule has 2 N–H and O–H groups in total. The van der Waals surface area contributed by atoms with Crippen LogP contribution in [-0.4, -0.2) is 47.6 Å². The topological polar surface area (TPSA) is 82.9 Å². The van der Waals surface area contributed by atoms with Gasteiger partial charge in [-0.05, 0) is 19.1 Å². The summed E-state index contributed by atoms with van der Waals surface area (Å²) in [6.45, 7) is 4.15. The van der Waals surface area contributed by atoms with Crippen molar-refractivity contribution in [2.24, 2.45) is 5.10 Å². The van der Waals surface area contributed by atoms with E-state index in [-0.39, 0.29) is 17.5 Å². The first-order valence-corrected chi connectivity index (χ1v) is 7.57. The number of aromatic nitrogens is 2. The summed E-state index contributed by atoms with van der Waals surface area (Å²) in [7, 11) is 0. The number of nitrogens with zero attached hydrogens (tertiary/aromatic N) is 4. The number of benzene rings is 1. The number of anilines is 2. The maximum Gasteiger partial charge on any atom is 0.245 e. The highest BCUT2D eigenvalue weighted by Gasteiger charge is 2.17. The van der Waals surface area contributed by atoms with Crippen LogP contribution in [0.4, 0.5) is 16.2 Å². The van der Waals surface area contributed by atoms with Gasteiger partial charge in [-0.3, -0.25) is 0 Å². The zero-order valence-corrected chi connectivity index (χ0v) is 13.2. The van der Waals surface area contributed by atoms with Crippen molar-refractivity contribution in [1.29, 1.82) is 0 Å². The Morgan fingerprint density at radius 2 is 2.17 bits per heavy atom. The quantitative estimate of drug-likeness (QED) is 0.658. The van der Waals surface area contributed by atoms with Crippen molar-refractivity contribution in [2.45, 2.75) is 6.92 Å². The van der Waals surface area contributed by atoms with Crippen LogP contribution < -0.4 is 10.3 Å². The first-order chi connectivity index (χ1) is 11.6. The number of rotatable bonds is 4. The van der Waals surface area contributed by atoms with Crippen LogP contribution in [0.25, 0.3) is 0 Å². The van der Waals surface area contributed by atoms with E-state index in [1.807, 2.05) is 11.8 Å². The molecule has 0 bridgehead atoms. The Balaban J connectivity index is 1.73. The number of aromatic hydroxyl groups is 1. The molecule has 0 radical (unpaired) electrons. The second-order valence-electron chi connectivity index (χ2n) is 5.40. The molecule has 3 rings (SSSR count). The molecule has 0 atom stereocenters. The van der Waals surface area contributed by atoms with Gasteiger partial charge < -0.3 is 14.7 Å². The van der Waals surface area contributed by atoms with Crippen molar-refractivity contribution in [3.63, 3.8) is 0 Å². The molecule has 1 saturated heterocycles. The molecule has 126 valence electrons. The van der Waals surface area contributed by atoms with Crippen molar-refractivity contribution in [1.82, 2.24) is 9.97 Å². The average molecular weight is 331 g/mol. The van der Waals surface area contributed by atoms with Gasteiger partial charge >= 0.3 is 0 Å². The zero-order chi connectivity index (χ0) is 16.9. The number of morpholine rings is 1. The Morgan fingerprint density at radius 1 is 1.38 bits per heavy atom. The molecule has 1 fully saturated rings. The lowest BCUT2D eigenvalue weighted by molar-refractivity contribution is 0.122. The second kappa shape index (κ2) is 7.22. The van der Waals surface area contributed by atoms with E-state index in [4.69, 9.17) is 4.74 Å². The molecule has 2 aromatic rings. The molecule has 0 amide bonds. The third-order valence-corrected chi connectivity index (χ3v) is 3.59. The molecule has 1 aromatic heterocycles. The highest BCUT2D eigenvalue weighted by Crippen LogP contribution is 2.19. The van der Waals surface area contributed by atoms with Gasteiger partial charge in [-0.15, -0.1) is 0 Å². The van der Waals surface area contributed by atoms with Gasteiger partial charge in [0.05, 0.1) is 25.6 Å². The number of hydrazone groups is 1. The average Bonchev–Trinajstić information content (AvgIpc) is 2.60. The van der Waals surface area contributed by atoms with Gasteiger partial charge in [-0.25, -0.2) is 14.8 Å². The first kappa shape index (κ1) is 16.1. The predicted molar refractivity (Wildman–Crippen MR) is 89.1 cm³/mol. The summed E-state index contributed by atoms with van der Waals surface area (Å²) in [5.74, 6) is 0.0497. The third kappa shape index (κ3) is 3.77. The number of hydrogen-bond donors (Lipinski definition) is 2.